The predicted molar refractivity (Wildman–Crippen MR) is 109 cm³/mol. The lowest BCUT2D eigenvalue weighted by Crippen LogP contribution is -2.45. The van der Waals surface area contributed by atoms with Crippen molar-refractivity contribution in [3.05, 3.63) is 64.4 Å². The largest absolute Gasteiger partial charge is 0.492 e. The highest BCUT2D eigenvalue weighted by Crippen LogP contribution is 2.20. The SMILES string of the molecule is CCOC(C)(Cc1ccc(OCCn2nnc3ccccc3c2=O)cc1)C(N)=O. The minimum Gasteiger partial charge on any atom is -0.492 e. The van der Waals surface area contributed by atoms with E-state index in [1.165, 1.54) is 4.68 Å². The Balaban J connectivity index is 1.60. The first-order valence-corrected chi connectivity index (χ1v) is 9.41. The third-order valence-electron chi connectivity index (χ3n) is 4.65. The number of carbonyl (C=O) groups excluding carboxylic acids is 1. The van der Waals surface area contributed by atoms with Crippen LogP contribution in [-0.4, -0.2) is 39.7 Å². The van der Waals surface area contributed by atoms with E-state index < -0.39 is 11.5 Å². The van der Waals surface area contributed by atoms with Gasteiger partial charge in [-0.15, -0.1) is 5.10 Å². The summed E-state index contributed by atoms with van der Waals surface area (Å²) in [6.07, 6.45) is 0.374. The van der Waals surface area contributed by atoms with Gasteiger partial charge in [0.2, 0.25) is 5.91 Å². The Morgan fingerprint density at radius 2 is 1.90 bits per heavy atom. The molecule has 0 aliphatic rings. The Labute approximate surface area is 168 Å². The van der Waals surface area contributed by atoms with E-state index in [0.717, 1.165) is 5.56 Å². The summed E-state index contributed by atoms with van der Waals surface area (Å²) in [5, 5.41) is 8.52. The van der Waals surface area contributed by atoms with Gasteiger partial charge in [0.1, 0.15) is 23.5 Å². The molecule has 8 heteroatoms. The Morgan fingerprint density at radius 3 is 2.59 bits per heavy atom. The molecule has 2 aromatic carbocycles. The molecule has 0 aliphatic carbocycles. The van der Waals surface area contributed by atoms with Crippen LogP contribution in [0, 0.1) is 0 Å². The van der Waals surface area contributed by atoms with Crippen LogP contribution in [0.4, 0.5) is 0 Å². The summed E-state index contributed by atoms with van der Waals surface area (Å²) in [5.74, 6) is 0.148. The van der Waals surface area contributed by atoms with Gasteiger partial charge in [0, 0.05) is 13.0 Å². The highest BCUT2D eigenvalue weighted by molar-refractivity contribution is 5.83. The number of benzene rings is 2. The van der Waals surface area contributed by atoms with E-state index >= 15 is 0 Å². The molecule has 3 aromatic rings. The van der Waals surface area contributed by atoms with Gasteiger partial charge in [-0.1, -0.05) is 29.5 Å². The molecule has 1 atom stereocenters. The van der Waals surface area contributed by atoms with Crippen LogP contribution >= 0.6 is 0 Å². The summed E-state index contributed by atoms with van der Waals surface area (Å²) >= 11 is 0. The number of amides is 1. The second-order valence-electron chi connectivity index (χ2n) is 6.83. The summed E-state index contributed by atoms with van der Waals surface area (Å²) in [7, 11) is 0. The number of carbonyl (C=O) groups is 1. The zero-order valence-electron chi connectivity index (χ0n) is 16.5. The maximum Gasteiger partial charge on any atom is 0.277 e. The highest BCUT2D eigenvalue weighted by Gasteiger charge is 2.31. The molecule has 1 unspecified atom stereocenters. The molecule has 2 N–H and O–H groups in total. The van der Waals surface area contributed by atoms with Gasteiger partial charge >= 0.3 is 0 Å². The third kappa shape index (κ3) is 4.78. The van der Waals surface area contributed by atoms with E-state index in [2.05, 4.69) is 10.3 Å². The van der Waals surface area contributed by atoms with Gasteiger partial charge in [0.25, 0.3) is 5.56 Å². The van der Waals surface area contributed by atoms with Crippen molar-refractivity contribution in [3.8, 4) is 5.75 Å². The quantitative estimate of drug-likeness (QED) is 0.589. The maximum absolute atomic E-state index is 12.4. The zero-order chi connectivity index (χ0) is 20.9. The topological polar surface area (TPSA) is 109 Å². The summed E-state index contributed by atoms with van der Waals surface area (Å²) in [5.41, 5.74) is 5.70. The third-order valence-corrected chi connectivity index (χ3v) is 4.65. The maximum atomic E-state index is 12.4. The Bertz CT molecular complexity index is 1050. The highest BCUT2D eigenvalue weighted by atomic mass is 16.5. The first-order valence-electron chi connectivity index (χ1n) is 9.41. The van der Waals surface area contributed by atoms with Crippen molar-refractivity contribution in [2.75, 3.05) is 13.2 Å². The predicted octanol–water partition coefficient (Wildman–Crippen LogP) is 1.69. The molecule has 0 fully saturated rings. The van der Waals surface area contributed by atoms with Gasteiger partial charge in [0.05, 0.1) is 11.9 Å². The lowest BCUT2D eigenvalue weighted by atomic mass is 9.95. The van der Waals surface area contributed by atoms with Crippen molar-refractivity contribution >= 4 is 16.8 Å². The number of nitrogens with two attached hydrogens (primary N) is 1. The van der Waals surface area contributed by atoms with E-state index in [4.69, 9.17) is 15.2 Å². The molecule has 0 saturated carbocycles. The van der Waals surface area contributed by atoms with Gasteiger partial charge in [0.15, 0.2) is 0 Å². The van der Waals surface area contributed by atoms with Crippen LogP contribution in [0.3, 0.4) is 0 Å². The number of primary amides is 1. The minimum atomic E-state index is -1.05. The van der Waals surface area contributed by atoms with Crippen molar-refractivity contribution in [1.82, 2.24) is 15.0 Å². The van der Waals surface area contributed by atoms with Crippen LogP contribution in [0.15, 0.2) is 53.3 Å². The summed E-state index contributed by atoms with van der Waals surface area (Å²) < 4.78 is 12.5. The standard InChI is InChI=1S/C21H24N4O4/c1-3-29-21(2,20(22)27)14-15-8-10-16(11-9-15)28-13-12-25-19(26)17-6-4-5-7-18(17)23-24-25/h4-11H,3,12-14H2,1-2H3,(H2,22,27). The lowest BCUT2D eigenvalue weighted by molar-refractivity contribution is -0.140. The molecule has 0 bridgehead atoms. The fraction of sp³-hybridized carbons (Fsp3) is 0.333. The van der Waals surface area contributed by atoms with Crippen molar-refractivity contribution < 1.29 is 14.3 Å². The van der Waals surface area contributed by atoms with Gasteiger partial charge in [-0.2, -0.15) is 0 Å². The molecule has 3 rings (SSSR count). The van der Waals surface area contributed by atoms with Crippen LogP contribution in [0.25, 0.3) is 10.9 Å². The Hall–Kier alpha value is -3.26. The number of hydrogen-bond donors (Lipinski definition) is 1. The fourth-order valence-corrected chi connectivity index (χ4v) is 3.04. The van der Waals surface area contributed by atoms with E-state index in [1.54, 1.807) is 37.3 Å². The van der Waals surface area contributed by atoms with Crippen molar-refractivity contribution in [1.29, 1.82) is 0 Å². The van der Waals surface area contributed by atoms with Crippen LogP contribution in [0.5, 0.6) is 5.75 Å². The minimum absolute atomic E-state index is 0.198. The lowest BCUT2D eigenvalue weighted by Gasteiger charge is -2.26. The second kappa shape index (κ2) is 8.83. The number of fused-ring (bicyclic) bond motifs is 1. The molecule has 1 amide bonds. The normalized spacial score (nSPS) is 13.2. The van der Waals surface area contributed by atoms with Gasteiger partial charge in [-0.3, -0.25) is 9.59 Å². The molecular weight excluding hydrogens is 372 g/mol. The summed E-state index contributed by atoms with van der Waals surface area (Å²) in [6, 6.07) is 14.4. The second-order valence-corrected chi connectivity index (χ2v) is 6.83. The monoisotopic (exact) mass is 396 g/mol. The van der Waals surface area contributed by atoms with Gasteiger partial charge in [-0.25, -0.2) is 4.68 Å². The van der Waals surface area contributed by atoms with Crippen LogP contribution < -0.4 is 16.0 Å². The molecule has 152 valence electrons. The summed E-state index contributed by atoms with van der Waals surface area (Å²) in [6.45, 7) is 4.46. The first kappa shape index (κ1) is 20.5. The molecule has 29 heavy (non-hydrogen) atoms. The average Bonchev–Trinajstić information content (AvgIpc) is 2.71. The molecule has 8 nitrogen and oxygen atoms in total. The number of aromatic nitrogens is 3. The van der Waals surface area contributed by atoms with Crippen molar-refractivity contribution in [3.63, 3.8) is 0 Å². The molecule has 1 heterocycles. The first-order chi connectivity index (χ1) is 13.9. The smallest absolute Gasteiger partial charge is 0.277 e. The van der Waals surface area contributed by atoms with Crippen molar-refractivity contribution in [2.45, 2.75) is 32.4 Å². The van der Waals surface area contributed by atoms with E-state index in [1.807, 2.05) is 25.1 Å². The van der Waals surface area contributed by atoms with Crippen molar-refractivity contribution in [2.24, 2.45) is 5.73 Å². The fourth-order valence-electron chi connectivity index (χ4n) is 3.04. The number of hydrogen-bond acceptors (Lipinski definition) is 6. The average molecular weight is 396 g/mol. The van der Waals surface area contributed by atoms with E-state index in [0.29, 0.717) is 29.7 Å². The Kier molecular flexibility index (Phi) is 6.23. The van der Waals surface area contributed by atoms with Gasteiger partial charge < -0.3 is 15.2 Å². The number of ether oxygens (including phenoxy) is 2. The van der Waals surface area contributed by atoms with E-state index in [9.17, 15) is 9.59 Å². The van der Waals surface area contributed by atoms with Gasteiger partial charge in [-0.05, 0) is 43.7 Å². The molecule has 1 aromatic heterocycles. The zero-order valence-corrected chi connectivity index (χ0v) is 16.5. The van der Waals surface area contributed by atoms with Crippen LogP contribution in [-0.2, 0) is 22.5 Å². The number of nitrogens with zero attached hydrogens (tertiary/aromatic N) is 3. The van der Waals surface area contributed by atoms with Crippen LogP contribution in [0.2, 0.25) is 0 Å². The van der Waals surface area contributed by atoms with Crippen LogP contribution in [0.1, 0.15) is 19.4 Å². The number of rotatable bonds is 9. The molecular formula is C21H24N4O4. The molecule has 0 aliphatic heterocycles. The molecule has 0 saturated heterocycles. The summed E-state index contributed by atoms with van der Waals surface area (Å²) in [4.78, 5) is 24.1. The van der Waals surface area contributed by atoms with E-state index in [-0.39, 0.29) is 18.7 Å². The molecule has 0 radical (unpaired) electrons. The molecule has 0 spiro atoms. The Morgan fingerprint density at radius 1 is 1.17 bits per heavy atom.